The van der Waals surface area contributed by atoms with E-state index in [0.29, 0.717) is 18.5 Å². The number of carbonyl (C=O) groups is 2. The van der Waals surface area contributed by atoms with Crippen LogP contribution < -0.4 is 4.90 Å². The van der Waals surface area contributed by atoms with E-state index in [1.165, 1.54) is 11.0 Å². The Labute approximate surface area is 124 Å². The molecule has 0 spiro atoms. The highest BCUT2D eigenvalue weighted by molar-refractivity contribution is 6.01. The maximum atomic E-state index is 12.2. The van der Waals surface area contributed by atoms with E-state index in [1.807, 2.05) is 0 Å². The first kappa shape index (κ1) is 15.5. The number of aromatic carboxylic acids is 1. The number of rotatable bonds is 5. The summed E-state index contributed by atoms with van der Waals surface area (Å²) in [6.45, 7) is 0.774. The number of hydrogen-bond donors (Lipinski definition) is 1. The molecule has 1 N–H and O–H groups in total. The summed E-state index contributed by atoms with van der Waals surface area (Å²) in [4.78, 5) is 24.9. The maximum Gasteiger partial charge on any atom is 0.337 e. The number of benzene rings is 1. The fourth-order valence-corrected chi connectivity index (χ4v) is 2.57. The Balaban J connectivity index is 1.97. The van der Waals surface area contributed by atoms with Gasteiger partial charge in [0.2, 0.25) is 5.91 Å². The lowest BCUT2D eigenvalue weighted by Gasteiger charge is -2.24. The molecule has 114 valence electrons. The summed E-state index contributed by atoms with van der Waals surface area (Å²) in [6, 6.07) is 6.54. The molecule has 1 aromatic rings. The van der Waals surface area contributed by atoms with Crippen LogP contribution in [0.1, 0.15) is 42.5 Å². The number of carboxylic acids is 1. The summed E-state index contributed by atoms with van der Waals surface area (Å²) in [7, 11) is 1.62. The summed E-state index contributed by atoms with van der Waals surface area (Å²) in [6.07, 6.45) is 4.47. The average molecular weight is 291 g/mol. The highest BCUT2D eigenvalue weighted by atomic mass is 16.5. The van der Waals surface area contributed by atoms with Gasteiger partial charge in [0.05, 0.1) is 17.4 Å². The molecule has 1 saturated heterocycles. The fourth-order valence-electron chi connectivity index (χ4n) is 2.57. The number of carboxylic acid groups (broad SMARTS) is 1. The molecule has 1 aliphatic heterocycles. The Hall–Kier alpha value is -1.88. The first-order chi connectivity index (χ1) is 10.1. The number of para-hydroxylation sites is 1. The largest absolute Gasteiger partial charge is 0.478 e. The SMILES string of the molecule is CN(C(=O)CCC1CCCCO1)c1ccccc1C(=O)O. The standard InChI is InChI=1S/C16H21NO4/c1-17(14-8-3-2-7-13(14)16(19)20)15(18)10-9-12-6-4-5-11-21-12/h2-3,7-8,12H,4-6,9-11H2,1H3,(H,19,20). The van der Waals surface area contributed by atoms with Gasteiger partial charge in [-0.25, -0.2) is 4.79 Å². The zero-order valence-corrected chi connectivity index (χ0v) is 12.2. The first-order valence-corrected chi connectivity index (χ1v) is 7.30. The molecule has 1 aromatic carbocycles. The highest BCUT2D eigenvalue weighted by Crippen LogP contribution is 2.22. The highest BCUT2D eigenvalue weighted by Gasteiger charge is 2.20. The molecule has 0 radical (unpaired) electrons. The third-order valence-electron chi connectivity index (χ3n) is 3.82. The van der Waals surface area contributed by atoms with Crippen LogP contribution in [0.4, 0.5) is 5.69 Å². The molecule has 0 aromatic heterocycles. The predicted octanol–water partition coefficient (Wildman–Crippen LogP) is 2.70. The summed E-state index contributed by atoms with van der Waals surface area (Å²) in [5.41, 5.74) is 0.571. The Morgan fingerprint density at radius 1 is 1.33 bits per heavy atom. The van der Waals surface area contributed by atoms with Gasteiger partial charge in [0.15, 0.2) is 0 Å². The van der Waals surface area contributed by atoms with Crippen molar-refractivity contribution in [3.05, 3.63) is 29.8 Å². The van der Waals surface area contributed by atoms with E-state index >= 15 is 0 Å². The van der Waals surface area contributed by atoms with Gasteiger partial charge in [-0.15, -0.1) is 0 Å². The zero-order chi connectivity index (χ0) is 15.2. The third kappa shape index (κ3) is 4.04. The average Bonchev–Trinajstić information content (AvgIpc) is 2.52. The van der Waals surface area contributed by atoms with Crippen molar-refractivity contribution in [2.75, 3.05) is 18.6 Å². The molecule has 0 aliphatic carbocycles. The van der Waals surface area contributed by atoms with Gasteiger partial charge in [-0.2, -0.15) is 0 Å². The summed E-state index contributed by atoms with van der Waals surface area (Å²) in [5, 5.41) is 9.17. The fraction of sp³-hybridized carbons (Fsp3) is 0.500. The van der Waals surface area contributed by atoms with E-state index < -0.39 is 5.97 Å². The van der Waals surface area contributed by atoms with E-state index in [-0.39, 0.29) is 17.6 Å². The third-order valence-corrected chi connectivity index (χ3v) is 3.82. The molecule has 1 aliphatic rings. The van der Waals surface area contributed by atoms with Crippen LogP contribution >= 0.6 is 0 Å². The number of hydrogen-bond acceptors (Lipinski definition) is 3. The van der Waals surface area contributed by atoms with Crippen LogP contribution in [0.25, 0.3) is 0 Å². The van der Waals surface area contributed by atoms with Crippen LogP contribution in [0.3, 0.4) is 0 Å². The summed E-state index contributed by atoms with van der Waals surface area (Å²) >= 11 is 0. The van der Waals surface area contributed by atoms with Gasteiger partial charge < -0.3 is 14.7 Å². The van der Waals surface area contributed by atoms with E-state index in [9.17, 15) is 14.7 Å². The summed E-state index contributed by atoms with van der Waals surface area (Å²) < 4.78 is 5.61. The molecule has 2 rings (SSSR count). The molecule has 0 bridgehead atoms. The number of carbonyl (C=O) groups excluding carboxylic acids is 1. The van der Waals surface area contributed by atoms with Gasteiger partial charge in [-0.1, -0.05) is 12.1 Å². The second-order valence-electron chi connectivity index (χ2n) is 5.30. The molecular weight excluding hydrogens is 270 g/mol. The topological polar surface area (TPSA) is 66.8 Å². The Morgan fingerprint density at radius 3 is 2.76 bits per heavy atom. The molecule has 1 unspecified atom stereocenters. The van der Waals surface area contributed by atoms with Crippen molar-refractivity contribution >= 4 is 17.6 Å². The lowest BCUT2D eigenvalue weighted by molar-refractivity contribution is -0.119. The van der Waals surface area contributed by atoms with E-state index in [1.54, 1.807) is 25.2 Å². The molecule has 0 saturated carbocycles. The van der Waals surface area contributed by atoms with Gasteiger partial charge in [-0.3, -0.25) is 4.79 Å². The number of amides is 1. The molecule has 5 nitrogen and oxygen atoms in total. The van der Waals surface area contributed by atoms with Crippen LogP contribution in [0.15, 0.2) is 24.3 Å². The van der Waals surface area contributed by atoms with Crippen molar-refractivity contribution in [1.29, 1.82) is 0 Å². The molecule has 5 heteroatoms. The Bertz CT molecular complexity index is 509. The van der Waals surface area contributed by atoms with Crippen molar-refractivity contribution in [3.8, 4) is 0 Å². The van der Waals surface area contributed by atoms with Gasteiger partial charge in [0.1, 0.15) is 0 Å². The Morgan fingerprint density at radius 2 is 2.10 bits per heavy atom. The van der Waals surface area contributed by atoms with Crippen LogP contribution in [0.5, 0.6) is 0 Å². The zero-order valence-electron chi connectivity index (χ0n) is 12.2. The normalized spacial score (nSPS) is 18.2. The van der Waals surface area contributed by atoms with Gasteiger partial charge in [-0.05, 0) is 37.8 Å². The van der Waals surface area contributed by atoms with Crippen molar-refractivity contribution in [2.24, 2.45) is 0 Å². The van der Waals surface area contributed by atoms with Crippen LogP contribution in [0, 0.1) is 0 Å². The van der Waals surface area contributed by atoms with Crippen molar-refractivity contribution in [1.82, 2.24) is 0 Å². The van der Waals surface area contributed by atoms with Crippen LogP contribution in [-0.2, 0) is 9.53 Å². The number of nitrogens with zero attached hydrogens (tertiary/aromatic N) is 1. The predicted molar refractivity (Wildman–Crippen MR) is 79.6 cm³/mol. The molecular formula is C16H21NO4. The van der Waals surface area contributed by atoms with Gasteiger partial charge in [0.25, 0.3) is 0 Å². The van der Waals surface area contributed by atoms with Crippen LogP contribution in [-0.4, -0.2) is 36.7 Å². The van der Waals surface area contributed by atoms with Crippen molar-refractivity contribution < 1.29 is 19.4 Å². The maximum absolute atomic E-state index is 12.2. The second-order valence-corrected chi connectivity index (χ2v) is 5.30. The minimum Gasteiger partial charge on any atom is -0.478 e. The minimum absolute atomic E-state index is 0.0853. The van der Waals surface area contributed by atoms with Crippen molar-refractivity contribution in [3.63, 3.8) is 0 Å². The monoisotopic (exact) mass is 291 g/mol. The van der Waals surface area contributed by atoms with E-state index in [0.717, 1.165) is 25.9 Å². The Kier molecular flexibility index (Phi) is 5.33. The molecule has 1 heterocycles. The van der Waals surface area contributed by atoms with E-state index in [4.69, 9.17) is 4.74 Å². The number of anilines is 1. The molecule has 1 fully saturated rings. The van der Waals surface area contributed by atoms with Gasteiger partial charge in [0, 0.05) is 20.1 Å². The lowest BCUT2D eigenvalue weighted by atomic mass is 10.0. The summed E-state index contributed by atoms with van der Waals surface area (Å²) in [5.74, 6) is -1.11. The van der Waals surface area contributed by atoms with E-state index in [2.05, 4.69) is 0 Å². The minimum atomic E-state index is -1.03. The van der Waals surface area contributed by atoms with Crippen molar-refractivity contribution in [2.45, 2.75) is 38.2 Å². The van der Waals surface area contributed by atoms with Gasteiger partial charge >= 0.3 is 5.97 Å². The first-order valence-electron chi connectivity index (χ1n) is 7.30. The van der Waals surface area contributed by atoms with Crippen LogP contribution in [0.2, 0.25) is 0 Å². The molecule has 1 amide bonds. The lowest BCUT2D eigenvalue weighted by Crippen LogP contribution is -2.29. The second kappa shape index (κ2) is 7.22. The molecule has 1 atom stereocenters. The quantitative estimate of drug-likeness (QED) is 0.905. The number of ether oxygens (including phenoxy) is 1. The molecule has 21 heavy (non-hydrogen) atoms. The smallest absolute Gasteiger partial charge is 0.337 e.